The Hall–Kier alpha value is -1.26. The van der Waals surface area contributed by atoms with Crippen LogP contribution in [0.4, 0.5) is 5.69 Å². The molecule has 4 nitrogen and oxygen atoms in total. The normalized spacial score (nSPS) is 18.9. The summed E-state index contributed by atoms with van der Waals surface area (Å²) in [6.45, 7) is 3.72. The Morgan fingerprint density at radius 1 is 1.36 bits per heavy atom. The highest BCUT2D eigenvalue weighted by Crippen LogP contribution is 2.31. The molecule has 1 aromatic carbocycles. The van der Waals surface area contributed by atoms with Gasteiger partial charge < -0.3 is 15.0 Å². The Morgan fingerprint density at radius 3 is 2.95 bits per heavy atom. The summed E-state index contributed by atoms with van der Waals surface area (Å²) in [5.41, 5.74) is 2.18. The van der Waals surface area contributed by atoms with Crippen LogP contribution in [0.3, 0.4) is 0 Å². The first-order valence-corrected chi connectivity index (χ1v) is 8.64. The summed E-state index contributed by atoms with van der Waals surface area (Å²) >= 11 is 5.70. The highest BCUT2D eigenvalue weighted by atomic mass is 35.5. The van der Waals surface area contributed by atoms with Crippen molar-refractivity contribution in [3.8, 4) is 5.75 Å². The van der Waals surface area contributed by atoms with Crippen molar-refractivity contribution < 1.29 is 9.53 Å². The molecule has 0 aliphatic carbocycles. The Bertz CT molecular complexity index is 529. The van der Waals surface area contributed by atoms with Crippen molar-refractivity contribution in [3.63, 3.8) is 0 Å². The number of alkyl halides is 1. The van der Waals surface area contributed by atoms with Gasteiger partial charge in [-0.1, -0.05) is 0 Å². The van der Waals surface area contributed by atoms with Gasteiger partial charge in [0.2, 0.25) is 5.91 Å². The van der Waals surface area contributed by atoms with Crippen LogP contribution in [0.15, 0.2) is 18.2 Å². The van der Waals surface area contributed by atoms with Crippen LogP contribution in [0.2, 0.25) is 0 Å². The summed E-state index contributed by atoms with van der Waals surface area (Å²) in [7, 11) is 0. The molecule has 3 rings (SSSR count). The standard InChI is InChI=1S/C17H23ClN2O2/c18-11-17(21)20-9-1-2-14-10-15(3-4-16(14)20)22-12-13-5-7-19-8-6-13/h3-4,10,13,19H,1-2,5-9,11-12H2. The predicted octanol–water partition coefficient (Wildman–Crippen LogP) is 2.58. The van der Waals surface area contributed by atoms with Crippen LogP contribution >= 0.6 is 11.6 Å². The van der Waals surface area contributed by atoms with Gasteiger partial charge in [-0.05, 0) is 68.5 Å². The van der Waals surface area contributed by atoms with Gasteiger partial charge in [-0.25, -0.2) is 0 Å². The maximum Gasteiger partial charge on any atom is 0.241 e. The quantitative estimate of drug-likeness (QED) is 0.866. The number of carbonyl (C=O) groups excluding carboxylic acids is 1. The van der Waals surface area contributed by atoms with E-state index in [0.717, 1.165) is 50.5 Å². The lowest BCUT2D eigenvalue weighted by atomic mass is 9.99. The molecular weight excluding hydrogens is 300 g/mol. The average Bonchev–Trinajstić information content (AvgIpc) is 2.59. The summed E-state index contributed by atoms with van der Waals surface area (Å²) in [4.78, 5) is 13.7. The number of nitrogens with one attached hydrogen (secondary N) is 1. The Morgan fingerprint density at radius 2 is 2.18 bits per heavy atom. The highest BCUT2D eigenvalue weighted by molar-refractivity contribution is 6.29. The van der Waals surface area contributed by atoms with Gasteiger partial charge in [0.1, 0.15) is 11.6 Å². The second-order valence-electron chi connectivity index (χ2n) is 6.08. The van der Waals surface area contributed by atoms with Gasteiger partial charge in [0, 0.05) is 12.2 Å². The zero-order chi connectivity index (χ0) is 15.4. The van der Waals surface area contributed by atoms with Crippen LogP contribution in [0.5, 0.6) is 5.75 Å². The molecule has 1 N–H and O–H groups in total. The number of aryl methyl sites for hydroxylation is 1. The number of piperidine rings is 1. The van der Waals surface area contributed by atoms with E-state index >= 15 is 0 Å². The first-order valence-electron chi connectivity index (χ1n) is 8.10. The number of rotatable bonds is 4. The smallest absolute Gasteiger partial charge is 0.241 e. The number of benzene rings is 1. The van der Waals surface area contributed by atoms with E-state index in [9.17, 15) is 4.79 Å². The zero-order valence-electron chi connectivity index (χ0n) is 12.8. The summed E-state index contributed by atoms with van der Waals surface area (Å²) < 4.78 is 5.98. The third-order valence-electron chi connectivity index (χ3n) is 4.53. The molecule has 0 radical (unpaired) electrons. The molecule has 2 heterocycles. The number of hydrogen-bond acceptors (Lipinski definition) is 3. The number of carbonyl (C=O) groups is 1. The Labute approximate surface area is 136 Å². The molecule has 1 saturated heterocycles. The maximum atomic E-state index is 11.9. The minimum Gasteiger partial charge on any atom is -0.493 e. The van der Waals surface area contributed by atoms with Gasteiger partial charge in [0.05, 0.1) is 6.61 Å². The van der Waals surface area contributed by atoms with Crippen molar-refractivity contribution >= 4 is 23.2 Å². The summed E-state index contributed by atoms with van der Waals surface area (Å²) in [6.07, 6.45) is 4.34. The molecule has 0 saturated carbocycles. The number of amides is 1. The minimum atomic E-state index is -0.0222. The van der Waals surface area contributed by atoms with Crippen molar-refractivity contribution in [2.24, 2.45) is 5.92 Å². The maximum absolute atomic E-state index is 11.9. The van der Waals surface area contributed by atoms with E-state index in [0.29, 0.717) is 5.92 Å². The lowest BCUT2D eigenvalue weighted by molar-refractivity contribution is -0.116. The predicted molar refractivity (Wildman–Crippen MR) is 88.9 cm³/mol. The lowest BCUT2D eigenvalue weighted by Gasteiger charge is -2.29. The van der Waals surface area contributed by atoms with Crippen LogP contribution in [0, 0.1) is 5.92 Å². The van der Waals surface area contributed by atoms with E-state index in [1.807, 2.05) is 12.1 Å². The lowest BCUT2D eigenvalue weighted by Crippen LogP contribution is -2.36. The second kappa shape index (κ2) is 7.34. The summed E-state index contributed by atoms with van der Waals surface area (Å²) in [5, 5.41) is 3.37. The Balaban J connectivity index is 1.66. The van der Waals surface area contributed by atoms with Crippen molar-refractivity contribution in [2.45, 2.75) is 25.7 Å². The van der Waals surface area contributed by atoms with Crippen LogP contribution < -0.4 is 15.0 Å². The topological polar surface area (TPSA) is 41.6 Å². The van der Waals surface area contributed by atoms with E-state index in [1.54, 1.807) is 4.90 Å². The third kappa shape index (κ3) is 3.55. The van der Waals surface area contributed by atoms with Crippen molar-refractivity contribution in [1.82, 2.24) is 5.32 Å². The molecule has 0 unspecified atom stereocenters. The Kier molecular flexibility index (Phi) is 5.21. The molecule has 2 aliphatic rings. The molecule has 5 heteroatoms. The number of ether oxygens (including phenoxy) is 1. The number of hydrogen-bond donors (Lipinski definition) is 1. The minimum absolute atomic E-state index is 0.0222. The molecule has 120 valence electrons. The van der Waals surface area contributed by atoms with E-state index in [4.69, 9.17) is 16.3 Å². The van der Waals surface area contributed by atoms with Crippen molar-refractivity contribution in [1.29, 1.82) is 0 Å². The first-order chi connectivity index (χ1) is 10.8. The monoisotopic (exact) mass is 322 g/mol. The van der Waals surface area contributed by atoms with Crippen molar-refractivity contribution in [2.75, 3.05) is 37.0 Å². The summed E-state index contributed by atoms with van der Waals surface area (Å²) in [5.74, 6) is 1.57. The molecule has 1 aromatic rings. The number of fused-ring (bicyclic) bond motifs is 1. The van der Waals surface area contributed by atoms with Gasteiger partial charge in [-0.3, -0.25) is 4.79 Å². The largest absolute Gasteiger partial charge is 0.493 e. The van der Waals surface area contributed by atoms with E-state index in [1.165, 1.54) is 18.4 Å². The number of anilines is 1. The van der Waals surface area contributed by atoms with Crippen LogP contribution in [0.25, 0.3) is 0 Å². The number of nitrogens with zero attached hydrogens (tertiary/aromatic N) is 1. The summed E-state index contributed by atoms with van der Waals surface area (Å²) in [6, 6.07) is 6.06. The van der Waals surface area contributed by atoms with Gasteiger partial charge in [0.15, 0.2) is 0 Å². The third-order valence-corrected chi connectivity index (χ3v) is 4.76. The highest BCUT2D eigenvalue weighted by Gasteiger charge is 2.22. The SMILES string of the molecule is O=C(CCl)N1CCCc2cc(OCC3CCNCC3)ccc21. The molecule has 22 heavy (non-hydrogen) atoms. The molecule has 1 amide bonds. The molecule has 0 atom stereocenters. The van der Waals surface area contributed by atoms with Gasteiger partial charge in [0.25, 0.3) is 0 Å². The van der Waals surface area contributed by atoms with Gasteiger partial charge >= 0.3 is 0 Å². The molecule has 0 spiro atoms. The van der Waals surface area contributed by atoms with Gasteiger partial charge in [-0.15, -0.1) is 11.6 Å². The fraction of sp³-hybridized carbons (Fsp3) is 0.588. The molecule has 2 aliphatic heterocycles. The molecule has 0 aromatic heterocycles. The average molecular weight is 323 g/mol. The molecule has 0 bridgehead atoms. The number of halogens is 1. The van der Waals surface area contributed by atoms with Crippen molar-refractivity contribution in [3.05, 3.63) is 23.8 Å². The fourth-order valence-corrected chi connectivity index (χ4v) is 3.40. The van der Waals surface area contributed by atoms with E-state index in [2.05, 4.69) is 11.4 Å². The molecular formula is C17H23ClN2O2. The second-order valence-corrected chi connectivity index (χ2v) is 6.34. The van der Waals surface area contributed by atoms with E-state index < -0.39 is 0 Å². The fourth-order valence-electron chi connectivity index (χ4n) is 3.26. The van der Waals surface area contributed by atoms with Crippen LogP contribution in [0.1, 0.15) is 24.8 Å². The first kappa shape index (κ1) is 15.6. The molecule has 1 fully saturated rings. The van der Waals surface area contributed by atoms with E-state index in [-0.39, 0.29) is 11.8 Å². The van der Waals surface area contributed by atoms with Crippen LogP contribution in [-0.4, -0.2) is 38.0 Å². The van der Waals surface area contributed by atoms with Crippen LogP contribution in [-0.2, 0) is 11.2 Å². The zero-order valence-corrected chi connectivity index (χ0v) is 13.6. The van der Waals surface area contributed by atoms with Gasteiger partial charge in [-0.2, -0.15) is 0 Å².